The molecule has 11 heteroatoms. The molecular formula is C35H39NO10. The molecule has 5 rings (SSSR count). The molecule has 0 bridgehead atoms. The van der Waals surface area contributed by atoms with Crippen molar-refractivity contribution in [1.29, 1.82) is 0 Å². The van der Waals surface area contributed by atoms with Crippen molar-refractivity contribution in [3.05, 3.63) is 64.2 Å². The fourth-order valence-electron chi connectivity index (χ4n) is 5.81. The van der Waals surface area contributed by atoms with E-state index in [0.29, 0.717) is 63.7 Å². The van der Waals surface area contributed by atoms with Crippen molar-refractivity contribution in [2.24, 2.45) is 10.9 Å². The highest BCUT2D eigenvalue weighted by Gasteiger charge is 2.40. The van der Waals surface area contributed by atoms with Gasteiger partial charge in [0.25, 0.3) is 0 Å². The number of hydrogen-bond acceptors (Lipinski definition) is 11. The van der Waals surface area contributed by atoms with E-state index < -0.39 is 17.8 Å². The van der Waals surface area contributed by atoms with Gasteiger partial charge in [-0.15, -0.1) is 0 Å². The third kappa shape index (κ3) is 6.22. The van der Waals surface area contributed by atoms with E-state index in [0.717, 1.165) is 23.1 Å². The molecule has 0 aromatic heterocycles. The zero-order chi connectivity index (χ0) is 32.8. The molecule has 0 saturated heterocycles. The average Bonchev–Trinajstić information content (AvgIpc) is 3.55. The minimum Gasteiger partial charge on any atom is -0.493 e. The molecule has 0 spiro atoms. The summed E-state index contributed by atoms with van der Waals surface area (Å²) < 4.78 is 51.0. The summed E-state index contributed by atoms with van der Waals surface area (Å²) in [7, 11) is 9.26. The molecule has 46 heavy (non-hydrogen) atoms. The molecule has 1 aliphatic carbocycles. The monoisotopic (exact) mass is 633 g/mol. The lowest BCUT2D eigenvalue weighted by Gasteiger charge is -2.33. The molecule has 2 aliphatic rings. The first-order valence-corrected chi connectivity index (χ1v) is 14.8. The number of nitrogens with zero attached hydrogens (tertiary/aromatic N) is 1. The second kappa shape index (κ2) is 14.4. The summed E-state index contributed by atoms with van der Waals surface area (Å²) in [5, 5.41) is 0. The third-order valence-corrected chi connectivity index (χ3v) is 7.93. The van der Waals surface area contributed by atoms with Crippen LogP contribution in [-0.2, 0) is 16.1 Å². The van der Waals surface area contributed by atoms with Crippen molar-refractivity contribution >= 4 is 18.3 Å². The number of carbonyl (C=O) groups is 1. The molecule has 3 aromatic rings. The van der Waals surface area contributed by atoms with E-state index >= 15 is 0 Å². The fourth-order valence-corrected chi connectivity index (χ4v) is 5.81. The largest absolute Gasteiger partial charge is 0.493 e. The van der Waals surface area contributed by atoms with Crippen LogP contribution in [0.25, 0.3) is 6.08 Å². The zero-order valence-electron chi connectivity index (χ0n) is 27.1. The van der Waals surface area contributed by atoms with Crippen LogP contribution < -0.4 is 37.9 Å². The lowest BCUT2D eigenvalue weighted by atomic mass is 9.71. The minimum absolute atomic E-state index is 0.0403. The molecule has 0 amide bonds. The van der Waals surface area contributed by atoms with Crippen LogP contribution in [0.3, 0.4) is 0 Å². The van der Waals surface area contributed by atoms with E-state index in [4.69, 9.17) is 42.6 Å². The van der Waals surface area contributed by atoms with Gasteiger partial charge in [-0.1, -0.05) is 6.92 Å². The molecule has 3 aromatic carbocycles. The lowest BCUT2D eigenvalue weighted by Crippen LogP contribution is -2.30. The van der Waals surface area contributed by atoms with Crippen LogP contribution in [0.4, 0.5) is 0 Å². The van der Waals surface area contributed by atoms with E-state index in [-0.39, 0.29) is 13.4 Å². The van der Waals surface area contributed by atoms with Crippen LogP contribution >= 0.6 is 0 Å². The number of fused-ring (bicyclic) bond motifs is 2. The van der Waals surface area contributed by atoms with Crippen molar-refractivity contribution in [1.82, 2.24) is 0 Å². The number of carbonyl (C=O) groups excluding carboxylic acids is 1. The summed E-state index contributed by atoms with van der Waals surface area (Å²) in [6.07, 6.45) is 4.56. The first kappa shape index (κ1) is 32.3. The molecule has 0 N–H and O–H groups in total. The second-order valence-electron chi connectivity index (χ2n) is 10.6. The Labute approximate surface area is 268 Å². The standard InChI is InChI=1S/C35H39NO10/c1-8-9-36-17-23-12-21-13-25-26(46-19-45-25)16-24(21)31(22-14-29(40-4)34(43-7)30(15-22)41-5)32(23)35(37)44-18-20-10-27(38-2)33(42-6)28(11-20)39-3/h10-17,31-32H,8-9,18-19H2,1-7H3/t31-,32-/m1/s1. The molecule has 11 nitrogen and oxygen atoms in total. The summed E-state index contributed by atoms with van der Waals surface area (Å²) in [6.45, 7) is 2.72. The van der Waals surface area contributed by atoms with Crippen LogP contribution in [0.5, 0.6) is 46.0 Å². The van der Waals surface area contributed by atoms with Crippen molar-refractivity contribution in [3.63, 3.8) is 0 Å². The maximum absolute atomic E-state index is 14.4. The molecule has 0 fully saturated rings. The summed E-state index contributed by atoms with van der Waals surface area (Å²) in [5.74, 6) is 2.15. The van der Waals surface area contributed by atoms with Crippen LogP contribution in [0.1, 0.15) is 41.5 Å². The molecule has 2 atom stereocenters. The number of ether oxygens (including phenoxy) is 9. The maximum atomic E-state index is 14.4. The Morgan fingerprint density at radius 3 is 1.91 bits per heavy atom. The quantitative estimate of drug-likeness (QED) is 0.168. The van der Waals surface area contributed by atoms with Gasteiger partial charge in [-0.2, -0.15) is 0 Å². The number of methoxy groups -OCH3 is 6. The highest BCUT2D eigenvalue weighted by atomic mass is 16.7. The van der Waals surface area contributed by atoms with Crippen LogP contribution in [0, 0.1) is 5.92 Å². The van der Waals surface area contributed by atoms with Crippen LogP contribution in [0.2, 0.25) is 0 Å². The van der Waals surface area contributed by atoms with Gasteiger partial charge in [-0.3, -0.25) is 9.79 Å². The van der Waals surface area contributed by atoms with E-state index in [1.165, 1.54) is 21.3 Å². The minimum atomic E-state index is -0.793. The molecule has 1 aliphatic heterocycles. The Morgan fingerprint density at radius 2 is 1.37 bits per heavy atom. The predicted molar refractivity (Wildman–Crippen MR) is 172 cm³/mol. The van der Waals surface area contributed by atoms with E-state index in [1.54, 1.807) is 39.7 Å². The number of benzene rings is 3. The van der Waals surface area contributed by atoms with E-state index in [1.807, 2.05) is 37.3 Å². The number of rotatable bonds is 13. The normalized spacial score (nSPS) is 16.4. The Bertz CT molecular complexity index is 1600. The van der Waals surface area contributed by atoms with Crippen molar-refractivity contribution in [2.75, 3.05) is 56.0 Å². The van der Waals surface area contributed by atoms with Gasteiger partial charge in [-0.05, 0) is 76.7 Å². The van der Waals surface area contributed by atoms with Crippen molar-refractivity contribution in [3.8, 4) is 46.0 Å². The molecular weight excluding hydrogens is 594 g/mol. The summed E-state index contributed by atoms with van der Waals surface area (Å²) in [4.78, 5) is 19.0. The SMILES string of the molecule is CCCN=CC1=Cc2cc3c(cc2[C@@H](c2cc(OC)c(OC)c(OC)c2)[C@@H]1C(=O)OCc1cc(OC)c(OC)c(OC)c1)OCO3. The van der Waals surface area contributed by atoms with Crippen molar-refractivity contribution < 1.29 is 47.4 Å². The highest BCUT2D eigenvalue weighted by Crippen LogP contribution is 2.50. The van der Waals surface area contributed by atoms with Crippen LogP contribution in [0.15, 0.2) is 47.0 Å². The molecule has 1 heterocycles. The number of esters is 1. The Morgan fingerprint density at radius 1 is 0.804 bits per heavy atom. The maximum Gasteiger partial charge on any atom is 0.314 e. The molecule has 244 valence electrons. The van der Waals surface area contributed by atoms with Gasteiger partial charge >= 0.3 is 5.97 Å². The highest BCUT2D eigenvalue weighted by molar-refractivity contribution is 5.97. The summed E-state index contributed by atoms with van der Waals surface area (Å²) in [6, 6.07) is 11.1. The Kier molecular flexibility index (Phi) is 10.1. The van der Waals surface area contributed by atoms with Gasteiger partial charge < -0.3 is 42.6 Å². The van der Waals surface area contributed by atoms with Gasteiger partial charge in [-0.25, -0.2) is 0 Å². The first-order valence-electron chi connectivity index (χ1n) is 14.8. The van der Waals surface area contributed by atoms with Gasteiger partial charge in [0, 0.05) is 18.7 Å². The first-order chi connectivity index (χ1) is 22.4. The van der Waals surface area contributed by atoms with Gasteiger partial charge in [0.1, 0.15) is 6.61 Å². The average molecular weight is 634 g/mol. The van der Waals surface area contributed by atoms with Crippen LogP contribution in [-0.4, -0.2) is 68.2 Å². The topological polar surface area (TPSA) is 113 Å². The smallest absolute Gasteiger partial charge is 0.314 e. The van der Waals surface area contributed by atoms with Gasteiger partial charge in [0.15, 0.2) is 34.5 Å². The Hall–Kier alpha value is -5.06. The second-order valence-corrected chi connectivity index (χ2v) is 10.6. The lowest BCUT2D eigenvalue weighted by molar-refractivity contribution is -0.148. The molecule has 0 unspecified atom stereocenters. The van der Waals surface area contributed by atoms with Gasteiger partial charge in [0.05, 0.1) is 48.6 Å². The number of aliphatic imine (C=N–C) groups is 1. The Balaban J connectivity index is 1.63. The van der Waals surface area contributed by atoms with Gasteiger partial charge in [0.2, 0.25) is 18.3 Å². The fraction of sp³-hybridized carbons (Fsp3) is 0.371. The number of hydrogen-bond donors (Lipinski definition) is 0. The molecule has 0 radical (unpaired) electrons. The van der Waals surface area contributed by atoms with E-state index in [9.17, 15) is 4.79 Å². The van der Waals surface area contributed by atoms with E-state index in [2.05, 4.69) is 4.99 Å². The molecule has 0 saturated carbocycles. The van der Waals surface area contributed by atoms with Crippen molar-refractivity contribution in [2.45, 2.75) is 25.9 Å². The zero-order valence-corrected chi connectivity index (χ0v) is 27.1. The summed E-state index contributed by atoms with van der Waals surface area (Å²) >= 11 is 0. The summed E-state index contributed by atoms with van der Waals surface area (Å²) in [5.41, 5.74) is 3.82. The third-order valence-electron chi connectivity index (χ3n) is 7.93. The predicted octanol–water partition coefficient (Wildman–Crippen LogP) is 5.84.